The molecule has 1 heterocycles. The van der Waals surface area contributed by atoms with Crippen molar-refractivity contribution in [2.75, 3.05) is 10.6 Å². The van der Waals surface area contributed by atoms with E-state index < -0.39 is 11.9 Å². The monoisotopic (exact) mass is 419 g/mol. The predicted octanol–water partition coefficient (Wildman–Crippen LogP) is 3.85. The van der Waals surface area contributed by atoms with Gasteiger partial charge in [0.1, 0.15) is 6.04 Å². The van der Waals surface area contributed by atoms with Crippen LogP contribution in [0.4, 0.5) is 11.4 Å². The summed E-state index contributed by atoms with van der Waals surface area (Å²) in [6.07, 6.45) is 1.72. The van der Waals surface area contributed by atoms with Crippen LogP contribution in [0.2, 0.25) is 0 Å². The number of amides is 3. The van der Waals surface area contributed by atoms with Crippen LogP contribution in [0.25, 0.3) is 0 Å². The van der Waals surface area contributed by atoms with Crippen LogP contribution < -0.4 is 16.0 Å². The van der Waals surface area contributed by atoms with Crippen LogP contribution in [0.1, 0.15) is 30.0 Å². The first-order chi connectivity index (χ1) is 14.9. The van der Waals surface area contributed by atoms with Crippen molar-refractivity contribution in [3.8, 4) is 0 Å². The average molecular weight is 419 g/mol. The van der Waals surface area contributed by atoms with Gasteiger partial charge in [0.25, 0.3) is 5.91 Å². The molecular formula is C24H25N3O4. The number of benzene rings is 2. The lowest BCUT2D eigenvalue weighted by molar-refractivity contribution is -0.119. The Morgan fingerprint density at radius 2 is 1.42 bits per heavy atom. The summed E-state index contributed by atoms with van der Waals surface area (Å²) in [6, 6.07) is 18.6. The number of hydrogen-bond donors (Lipinski definition) is 3. The number of carbonyl (C=O) groups excluding carboxylic acids is 3. The normalized spacial score (nSPS) is 11.6. The molecule has 0 spiro atoms. The van der Waals surface area contributed by atoms with Gasteiger partial charge in [-0.1, -0.05) is 44.2 Å². The van der Waals surface area contributed by atoms with Crippen molar-refractivity contribution in [2.45, 2.75) is 26.3 Å². The highest BCUT2D eigenvalue weighted by atomic mass is 16.3. The van der Waals surface area contributed by atoms with E-state index in [1.54, 1.807) is 30.3 Å². The SMILES string of the molecule is CC(C)C(=O)Nc1ccc(NC(=O)C(Cc2ccccc2)NC(=O)c2ccco2)cc1. The number of furan rings is 1. The molecule has 0 aliphatic carbocycles. The first kappa shape index (κ1) is 21.8. The van der Waals surface area contributed by atoms with E-state index in [9.17, 15) is 14.4 Å². The molecule has 160 valence electrons. The molecule has 0 saturated heterocycles. The van der Waals surface area contributed by atoms with Crippen molar-refractivity contribution in [1.82, 2.24) is 5.32 Å². The fourth-order valence-corrected chi connectivity index (χ4v) is 2.85. The van der Waals surface area contributed by atoms with Crippen LogP contribution in [-0.4, -0.2) is 23.8 Å². The molecule has 0 bridgehead atoms. The Morgan fingerprint density at radius 3 is 1.97 bits per heavy atom. The molecule has 1 unspecified atom stereocenters. The fourth-order valence-electron chi connectivity index (χ4n) is 2.85. The lowest BCUT2D eigenvalue weighted by Crippen LogP contribution is -2.45. The molecule has 0 aliphatic rings. The molecule has 2 aromatic carbocycles. The summed E-state index contributed by atoms with van der Waals surface area (Å²) < 4.78 is 5.13. The van der Waals surface area contributed by atoms with Crippen LogP contribution in [0.15, 0.2) is 77.4 Å². The van der Waals surface area contributed by atoms with Crippen LogP contribution in [-0.2, 0) is 16.0 Å². The van der Waals surface area contributed by atoms with Gasteiger partial charge in [-0.05, 0) is 42.0 Å². The number of rotatable bonds is 8. The van der Waals surface area contributed by atoms with Gasteiger partial charge in [0.2, 0.25) is 11.8 Å². The molecule has 3 amide bonds. The van der Waals surface area contributed by atoms with Crippen LogP contribution in [0.5, 0.6) is 0 Å². The standard InChI is InChI=1S/C24H25N3O4/c1-16(2)22(28)25-18-10-12-19(13-11-18)26-23(29)20(15-17-7-4-3-5-8-17)27-24(30)21-9-6-14-31-21/h3-14,16,20H,15H2,1-2H3,(H,25,28)(H,26,29)(H,27,30). The maximum Gasteiger partial charge on any atom is 0.287 e. The van der Waals surface area contributed by atoms with Crippen molar-refractivity contribution >= 4 is 29.1 Å². The van der Waals surface area contributed by atoms with Gasteiger partial charge in [-0.25, -0.2) is 0 Å². The second kappa shape index (κ2) is 10.2. The fraction of sp³-hybridized carbons (Fsp3) is 0.208. The maximum atomic E-state index is 12.9. The second-order valence-corrected chi connectivity index (χ2v) is 7.40. The quantitative estimate of drug-likeness (QED) is 0.516. The first-order valence-corrected chi connectivity index (χ1v) is 10.0. The van der Waals surface area contributed by atoms with Crippen LogP contribution in [0.3, 0.4) is 0 Å². The van der Waals surface area contributed by atoms with Gasteiger partial charge >= 0.3 is 0 Å². The van der Waals surface area contributed by atoms with Crippen molar-refractivity contribution in [2.24, 2.45) is 5.92 Å². The smallest absolute Gasteiger partial charge is 0.287 e. The minimum atomic E-state index is -0.805. The first-order valence-electron chi connectivity index (χ1n) is 10.0. The third kappa shape index (κ3) is 6.30. The van der Waals surface area contributed by atoms with E-state index in [1.165, 1.54) is 12.3 Å². The predicted molar refractivity (Wildman–Crippen MR) is 119 cm³/mol. The highest BCUT2D eigenvalue weighted by Crippen LogP contribution is 2.15. The van der Waals surface area contributed by atoms with Crippen molar-refractivity contribution in [3.05, 3.63) is 84.3 Å². The zero-order valence-corrected chi connectivity index (χ0v) is 17.4. The Balaban J connectivity index is 1.70. The molecule has 1 aromatic heterocycles. The number of nitrogens with one attached hydrogen (secondary N) is 3. The molecule has 3 rings (SSSR count). The van der Waals surface area contributed by atoms with E-state index in [0.717, 1.165) is 5.56 Å². The Morgan fingerprint density at radius 1 is 0.806 bits per heavy atom. The van der Waals surface area contributed by atoms with Gasteiger partial charge in [0, 0.05) is 23.7 Å². The topological polar surface area (TPSA) is 100 Å². The third-order valence-corrected chi connectivity index (χ3v) is 4.59. The number of anilines is 2. The van der Waals surface area contributed by atoms with Gasteiger partial charge in [-0.15, -0.1) is 0 Å². The van der Waals surface area contributed by atoms with Gasteiger partial charge in [-0.2, -0.15) is 0 Å². The summed E-state index contributed by atoms with van der Waals surface area (Å²) in [7, 11) is 0. The summed E-state index contributed by atoms with van der Waals surface area (Å²) in [5.41, 5.74) is 2.11. The Kier molecular flexibility index (Phi) is 7.22. The molecule has 3 aromatic rings. The molecule has 0 saturated carbocycles. The zero-order valence-electron chi connectivity index (χ0n) is 17.4. The molecule has 31 heavy (non-hydrogen) atoms. The molecule has 7 heteroatoms. The molecule has 1 atom stereocenters. The molecule has 0 radical (unpaired) electrons. The maximum absolute atomic E-state index is 12.9. The number of hydrogen-bond acceptors (Lipinski definition) is 4. The van der Waals surface area contributed by atoms with Gasteiger partial charge < -0.3 is 20.4 Å². The largest absolute Gasteiger partial charge is 0.459 e. The van der Waals surface area contributed by atoms with Crippen molar-refractivity contribution < 1.29 is 18.8 Å². The second-order valence-electron chi connectivity index (χ2n) is 7.40. The van der Waals surface area contributed by atoms with Crippen molar-refractivity contribution in [3.63, 3.8) is 0 Å². The van der Waals surface area contributed by atoms with Gasteiger partial charge in [0.05, 0.1) is 6.26 Å². The minimum Gasteiger partial charge on any atom is -0.459 e. The van der Waals surface area contributed by atoms with E-state index >= 15 is 0 Å². The van der Waals surface area contributed by atoms with E-state index in [0.29, 0.717) is 17.8 Å². The van der Waals surface area contributed by atoms with E-state index in [4.69, 9.17) is 4.42 Å². The molecule has 7 nitrogen and oxygen atoms in total. The minimum absolute atomic E-state index is 0.0830. The van der Waals surface area contributed by atoms with E-state index in [2.05, 4.69) is 16.0 Å². The molecule has 0 aliphatic heterocycles. The highest BCUT2D eigenvalue weighted by molar-refractivity contribution is 6.00. The summed E-state index contributed by atoms with van der Waals surface area (Å²) in [5.74, 6) is -0.900. The Bertz CT molecular complexity index is 1010. The summed E-state index contributed by atoms with van der Waals surface area (Å²) in [5, 5.41) is 8.36. The Labute approximate surface area is 180 Å². The third-order valence-electron chi connectivity index (χ3n) is 4.59. The zero-order chi connectivity index (χ0) is 22.2. The number of carbonyl (C=O) groups is 3. The van der Waals surface area contributed by atoms with Gasteiger partial charge in [0.15, 0.2) is 5.76 Å². The summed E-state index contributed by atoms with van der Waals surface area (Å²) in [4.78, 5) is 37.2. The van der Waals surface area contributed by atoms with Crippen molar-refractivity contribution in [1.29, 1.82) is 0 Å². The van der Waals surface area contributed by atoms with Crippen LogP contribution >= 0.6 is 0 Å². The highest BCUT2D eigenvalue weighted by Gasteiger charge is 2.23. The summed E-state index contributed by atoms with van der Waals surface area (Å²) >= 11 is 0. The lowest BCUT2D eigenvalue weighted by Gasteiger charge is -2.18. The molecular weight excluding hydrogens is 394 g/mol. The van der Waals surface area contributed by atoms with Gasteiger partial charge in [-0.3, -0.25) is 14.4 Å². The van der Waals surface area contributed by atoms with E-state index in [-0.39, 0.29) is 23.5 Å². The van der Waals surface area contributed by atoms with E-state index in [1.807, 2.05) is 44.2 Å². The molecule has 3 N–H and O–H groups in total. The summed E-state index contributed by atoms with van der Waals surface area (Å²) in [6.45, 7) is 3.63. The lowest BCUT2D eigenvalue weighted by atomic mass is 10.0. The average Bonchev–Trinajstić information content (AvgIpc) is 3.30. The Hall–Kier alpha value is -3.87. The molecule has 0 fully saturated rings. The van der Waals surface area contributed by atoms with Crippen LogP contribution in [0, 0.1) is 5.92 Å².